The molecule has 0 saturated carbocycles. The first-order chi connectivity index (χ1) is 12.2. The van der Waals surface area contributed by atoms with E-state index in [0.29, 0.717) is 28.0 Å². The average molecular weight is 381 g/mol. The monoisotopic (exact) mass is 380 g/mol. The van der Waals surface area contributed by atoms with Gasteiger partial charge in [-0.1, -0.05) is 11.6 Å². The lowest BCUT2D eigenvalue weighted by molar-refractivity contribution is 0.0635. The maximum Gasteiger partial charge on any atom is 0.413 e. The predicted molar refractivity (Wildman–Crippen MR) is 99.7 cm³/mol. The summed E-state index contributed by atoms with van der Waals surface area (Å²) in [7, 11) is 3.05. The van der Waals surface area contributed by atoms with E-state index in [9.17, 15) is 4.79 Å². The number of amides is 1. The van der Waals surface area contributed by atoms with Gasteiger partial charge in [-0.05, 0) is 32.9 Å². The fourth-order valence-electron chi connectivity index (χ4n) is 1.97. The second kappa shape index (κ2) is 8.09. The number of nitrogens with one attached hydrogen (secondary N) is 2. The van der Waals surface area contributed by atoms with E-state index < -0.39 is 11.7 Å². The second-order valence-corrected chi connectivity index (χ2v) is 6.65. The van der Waals surface area contributed by atoms with Crippen LogP contribution in [-0.2, 0) is 4.74 Å². The summed E-state index contributed by atoms with van der Waals surface area (Å²) in [5.74, 6) is 1.73. The van der Waals surface area contributed by atoms with Gasteiger partial charge in [0.05, 0.1) is 24.9 Å². The molecule has 8 nitrogen and oxygen atoms in total. The Morgan fingerprint density at radius 1 is 1.04 bits per heavy atom. The molecular weight excluding hydrogens is 360 g/mol. The molecule has 0 aliphatic heterocycles. The fourth-order valence-corrected chi connectivity index (χ4v) is 2.20. The lowest BCUT2D eigenvalue weighted by Gasteiger charge is -2.19. The average Bonchev–Trinajstić information content (AvgIpc) is 2.56. The summed E-state index contributed by atoms with van der Waals surface area (Å²) in [5.41, 5.74) is 0.0133. The summed E-state index contributed by atoms with van der Waals surface area (Å²) in [4.78, 5) is 11.7. The number of ether oxygens (including phenoxy) is 3. The van der Waals surface area contributed by atoms with Crippen molar-refractivity contribution < 1.29 is 19.0 Å². The lowest BCUT2D eigenvalue weighted by Crippen LogP contribution is -2.27. The number of anilines is 3. The van der Waals surface area contributed by atoms with Crippen molar-refractivity contribution in [1.82, 2.24) is 10.2 Å². The Morgan fingerprint density at radius 3 is 2.19 bits per heavy atom. The zero-order valence-electron chi connectivity index (χ0n) is 15.2. The van der Waals surface area contributed by atoms with Gasteiger partial charge in [-0.15, -0.1) is 10.2 Å². The first kappa shape index (κ1) is 19.6. The maximum atomic E-state index is 11.7. The molecular formula is C17H21ClN4O4. The van der Waals surface area contributed by atoms with Gasteiger partial charge in [0, 0.05) is 12.1 Å². The van der Waals surface area contributed by atoms with Crippen molar-refractivity contribution in [2.45, 2.75) is 26.4 Å². The third kappa shape index (κ3) is 5.38. The van der Waals surface area contributed by atoms with Gasteiger partial charge in [-0.25, -0.2) is 4.79 Å². The summed E-state index contributed by atoms with van der Waals surface area (Å²) < 4.78 is 15.7. The van der Waals surface area contributed by atoms with Crippen molar-refractivity contribution in [3.8, 4) is 11.5 Å². The Bertz CT molecular complexity index is 776. The molecule has 0 saturated heterocycles. The minimum atomic E-state index is -0.600. The smallest absolute Gasteiger partial charge is 0.413 e. The highest BCUT2D eigenvalue weighted by molar-refractivity contribution is 6.32. The van der Waals surface area contributed by atoms with Crippen LogP contribution < -0.4 is 20.1 Å². The van der Waals surface area contributed by atoms with Crippen molar-refractivity contribution in [2.75, 3.05) is 24.9 Å². The molecule has 140 valence electrons. The Morgan fingerprint density at radius 2 is 1.65 bits per heavy atom. The number of nitrogens with zero attached hydrogens (tertiary/aromatic N) is 2. The van der Waals surface area contributed by atoms with E-state index in [4.69, 9.17) is 25.8 Å². The molecule has 0 fully saturated rings. The van der Waals surface area contributed by atoms with Crippen LogP contribution in [0.2, 0.25) is 5.02 Å². The first-order valence-electron chi connectivity index (χ1n) is 7.74. The molecule has 0 atom stereocenters. The molecule has 1 aromatic heterocycles. The van der Waals surface area contributed by atoms with Crippen LogP contribution in [0.1, 0.15) is 20.8 Å². The van der Waals surface area contributed by atoms with Gasteiger partial charge < -0.3 is 19.5 Å². The number of carbonyl (C=O) groups is 1. The minimum Gasteiger partial charge on any atom is -0.495 e. The summed E-state index contributed by atoms with van der Waals surface area (Å²) in [5, 5.41) is 14.0. The number of benzene rings is 1. The van der Waals surface area contributed by atoms with Gasteiger partial charge in [-0.3, -0.25) is 5.32 Å². The Labute approximate surface area is 156 Å². The molecule has 1 aromatic carbocycles. The summed E-state index contributed by atoms with van der Waals surface area (Å²) in [6, 6.07) is 6.57. The van der Waals surface area contributed by atoms with Crippen LogP contribution in [0, 0.1) is 0 Å². The number of carbonyl (C=O) groups excluding carboxylic acids is 1. The largest absolute Gasteiger partial charge is 0.495 e. The third-order valence-electron chi connectivity index (χ3n) is 3.03. The number of halogens is 1. The zero-order chi connectivity index (χ0) is 19.3. The van der Waals surface area contributed by atoms with Crippen LogP contribution in [-0.4, -0.2) is 36.1 Å². The van der Waals surface area contributed by atoms with Gasteiger partial charge >= 0.3 is 6.09 Å². The number of rotatable bonds is 5. The molecule has 2 rings (SSSR count). The van der Waals surface area contributed by atoms with E-state index in [1.807, 2.05) is 0 Å². The van der Waals surface area contributed by atoms with Gasteiger partial charge in [0.2, 0.25) is 0 Å². The molecule has 1 amide bonds. The van der Waals surface area contributed by atoms with Crippen LogP contribution in [0.4, 0.5) is 22.1 Å². The molecule has 1 heterocycles. The third-order valence-corrected chi connectivity index (χ3v) is 3.33. The predicted octanol–water partition coefficient (Wildman–Crippen LogP) is 4.24. The summed E-state index contributed by atoms with van der Waals surface area (Å²) in [6.45, 7) is 5.33. The highest BCUT2D eigenvalue weighted by Crippen LogP contribution is 2.37. The quantitative estimate of drug-likeness (QED) is 0.801. The molecule has 2 N–H and O–H groups in total. The van der Waals surface area contributed by atoms with Crippen LogP contribution in [0.15, 0.2) is 24.3 Å². The topological polar surface area (TPSA) is 94.6 Å². The van der Waals surface area contributed by atoms with E-state index in [1.165, 1.54) is 14.2 Å². The highest BCUT2D eigenvalue weighted by atomic mass is 35.5. The van der Waals surface area contributed by atoms with Crippen LogP contribution >= 0.6 is 11.6 Å². The fraction of sp³-hybridized carbons (Fsp3) is 0.353. The zero-order valence-corrected chi connectivity index (χ0v) is 16.0. The molecule has 0 unspecified atom stereocenters. The van der Waals surface area contributed by atoms with Gasteiger partial charge in [0.1, 0.15) is 17.1 Å². The summed E-state index contributed by atoms with van der Waals surface area (Å²) >= 11 is 6.09. The van der Waals surface area contributed by atoms with Crippen molar-refractivity contribution in [2.24, 2.45) is 0 Å². The number of hydrogen-bond acceptors (Lipinski definition) is 7. The molecule has 0 aliphatic carbocycles. The molecule has 0 spiro atoms. The highest BCUT2D eigenvalue weighted by Gasteiger charge is 2.17. The van der Waals surface area contributed by atoms with E-state index in [0.717, 1.165) is 0 Å². The molecule has 26 heavy (non-hydrogen) atoms. The Kier molecular flexibility index (Phi) is 6.10. The molecule has 0 radical (unpaired) electrons. The van der Waals surface area contributed by atoms with Crippen LogP contribution in [0.5, 0.6) is 11.5 Å². The Balaban J connectivity index is 2.11. The van der Waals surface area contributed by atoms with Crippen molar-refractivity contribution in [3.63, 3.8) is 0 Å². The van der Waals surface area contributed by atoms with Gasteiger partial charge in [0.25, 0.3) is 0 Å². The summed E-state index contributed by atoms with van der Waals surface area (Å²) in [6.07, 6.45) is -0.600. The molecule has 2 aromatic rings. The number of hydrogen-bond donors (Lipinski definition) is 2. The standard InChI is InChI=1S/C17H21ClN4O4/c1-17(2,3)26-16(23)20-15-7-6-14(21-22-15)19-11-9-12(24-4)10(18)8-13(11)25-5/h6-9H,1-5H3,(H,19,21)(H,20,22,23). The van der Waals surface area contributed by atoms with Crippen molar-refractivity contribution in [3.05, 3.63) is 29.3 Å². The maximum absolute atomic E-state index is 11.7. The number of aromatic nitrogens is 2. The molecule has 0 aliphatic rings. The Hall–Kier alpha value is -2.74. The van der Waals surface area contributed by atoms with Gasteiger partial charge in [-0.2, -0.15) is 0 Å². The van der Waals surface area contributed by atoms with E-state index in [1.54, 1.807) is 45.0 Å². The van der Waals surface area contributed by atoms with E-state index in [-0.39, 0.29) is 5.82 Å². The van der Waals surface area contributed by atoms with E-state index in [2.05, 4.69) is 20.8 Å². The minimum absolute atomic E-state index is 0.269. The SMILES string of the molecule is COc1cc(Nc2ccc(NC(=O)OC(C)(C)C)nn2)c(OC)cc1Cl. The van der Waals surface area contributed by atoms with Gasteiger partial charge in [0.15, 0.2) is 11.6 Å². The van der Waals surface area contributed by atoms with Crippen molar-refractivity contribution >= 4 is 35.0 Å². The van der Waals surface area contributed by atoms with Crippen LogP contribution in [0.25, 0.3) is 0 Å². The van der Waals surface area contributed by atoms with Crippen molar-refractivity contribution in [1.29, 1.82) is 0 Å². The molecule has 9 heteroatoms. The molecule has 0 bridgehead atoms. The normalized spacial score (nSPS) is 10.8. The lowest BCUT2D eigenvalue weighted by atomic mass is 10.2. The van der Waals surface area contributed by atoms with Crippen LogP contribution in [0.3, 0.4) is 0 Å². The number of methoxy groups -OCH3 is 2. The first-order valence-corrected chi connectivity index (χ1v) is 8.12. The van der Waals surface area contributed by atoms with E-state index >= 15 is 0 Å². The second-order valence-electron chi connectivity index (χ2n) is 6.24.